The largest absolute Gasteiger partial charge is 0.490 e. The van der Waals surface area contributed by atoms with Gasteiger partial charge in [0, 0.05) is 23.8 Å². The summed E-state index contributed by atoms with van der Waals surface area (Å²) >= 11 is 0. The van der Waals surface area contributed by atoms with Crippen molar-refractivity contribution in [3.8, 4) is 0 Å². The molecule has 5 N–H and O–H groups in total. The topological polar surface area (TPSA) is 140 Å². The first-order valence-corrected chi connectivity index (χ1v) is 8.49. The van der Waals surface area contributed by atoms with Crippen LogP contribution in [0.4, 0.5) is 24.7 Å². The highest BCUT2D eigenvalue weighted by Crippen LogP contribution is 2.22. The third-order valence-electron chi connectivity index (χ3n) is 3.56. The molecule has 0 bridgehead atoms. The number of aliphatic hydroxyl groups excluding tert-OH is 1. The number of hydrogen-bond acceptors (Lipinski definition) is 6. The van der Waals surface area contributed by atoms with E-state index in [0.29, 0.717) is 11.4 Å². The Morgan fingerprint density at radius 1 is 1.27 bits per heavy atom. The van der Waals surface area contributed by atoms with Gasteiger partial charge in [-0.15, -0.1) is 0 Å². The van der Waals surface area contributed by atoms with Crippen molar-refractivity contribution < 1.29 is 33.0 Å². The van der Waals surface area contributed by atoms with Crippen molar-refractivity contribution in [1.82, 2.24) is 20.5 Å². The van der Waals surface area contributed by atoms with Crippen molar-refractivity contribution in [3.63, 3.8) is 0 Å². The van der Waals surface area contributed by atoms with Gasteiger partial charge in [0.1, 0.15) is 5.82 Å². The number of halogens is 3. The molecule has 0 radical (unpaired) electrons. The number of aliphatic hydroxyl groups is 1. The number of carboxylic acid groups (broad SMARTS) is 1. The van der Waals surface area contributed by atoms with Crippen LogP contribution in [0, 0.1) is 0 Å². The molecule has 0 saturated heterocycles. The molecule has 3 aromatic rings. The Morgan fingerprint density at radius 3 is 2.60 bits per heavy atom. The van der Waals surface area contributed by atoms with Crippen molar-refractivity contribution in [2.45, 2.75) is 19.2 Å². The van der Waals surface area contributed by atoms with Crippen LogP contribution in [-0.4, -0.2) is 56.1 Å². The van der Waals surface area contributed by atoms with Crippen LogP contribution in [0.1, 0.15) is 17.3 Å². The Bertz CT molecular complexity index is 1020. The zero-order valence-corrected chi connectivity index (χ0v) is 15.6. The van der Waals surface area contributed by atoms with E-state index in [-0.39, 0.29) is 12.5 Å². The van der Waals surface area contributed by atoms with Crippen LogP contribution < -0.4 is 10.6 Å². The molecule has 0 unspecified atom stereocenters. The van der Waals surface area contributed by atoms with Gasteiger partial charge in [-0.2, -0.15) is 18.3 Å². The quantitative estimate of drug-likeness (QED) is 0.423. The molecular weight excluding hydrogens is 407 g/mol. The fraction of sp³-hybridized carbons (Fsp3) is 0.222. The lowest BCUT2D eigenvalue weighted by atomic mass is 10.2. The summed E-state index contributed by atoms with van der Waals surface area (Å²) in [5.41, 5.74) is 2.16. The zero-order valence-electron chi connectivity index (χ0n) is 15.6. The third-order valence-corrected chi connectivity index (χ3v) is 3.56. The first kappa shape index (κ1) is 22.6. The molecule has 0 aliphatic heterocycles. The number of nitrogens with zero attached hydrogens (tertiary/aromatic N) is 2. The highest BCUT2D eigenvalue weighted by molar-refractivity contribution is 5.99. The Labute approximate surface area is 167 Å². The van der Waals surface area contributed by atoms with Crippen LogP contribution in [0.2, 0.25) is 0 Å². The van der Waals surface area contributed by atoms with Crippen LogP contribution in [-0.2, 0) is 4.79 Å². The summed E-state index contributed by atoms with van der Waals surface area (Å²) in [6.45, 7) is 1.80. The second kappa shape index (κ2) is 9.69. The number of pyridine rings is 1. The molecular formula is C18H18F3N5O4. The number of H-pyrrole nitrogens is 1. The van der Waals surface area contributed by atoms with Crippen molar-refractivity contribution >= 4 is 34.3 Å². The van der Waals surface area contributed by atoms with Crippen molar-refractivity contribution in [1.29, 1.82) is 0 Å². The summed E-state index contributed by atoms with van der Waals surface area (Å²) in [6, 6.07) is 9.09. The number of hydrogen-bond donors (Lipinski definition) is 5. The van der Waals surface area contributed by atoms with Crippen molar-refractivity contribution in [2.24, 2.45) is 0 Å². The lowest BCUT2D eigenvalue weighted by Crippen LogP contribution is -2.31. The number of nitrogens with one attached hydrogen (secondary N) is 3. The molecule has 0 spiro atoms. The molecule has 0 fully saturated rings. The molecule has 30 heavy (non-hydrogen) atoms. The number of aromatic amines is 1. The minimum Gasteiger partial charge on any atom is -0.475 e. The molecule has 0 saturated carbocycles. The predicted molar refractivity (Wildman–Crippen MR) is 101 cm³/mol. The highest BCUT2D eigenvalue weighted by atomic mass is 19.4. The minimum atomic E-state index is -5.08. The first-order chi connectivity index (χ1) is 14.1. The van der Waals surface area contributed by atoms with E-state index in [2.05, 4.69) is 25.8 Å². The molecule has 0 aliphatic rings. The second-order valence-electron chi connectivity index (χ2n) is 6.06. The Morgan fingerprint density at radius 2 is 1.97 bits per heavy atom. The van der Waals surface area contributed by atoms with Crippen molar-refractivity contribution in [2.75, 3.05) is 11.9 Å². The Balaban J connectivity index is 0.000000396. The summed E-state index contributed by atoms with van der Waals surface area (Å²) < 4.78 is 31.7. The SMILES string of the molecule is C[C@H](O)CNC(=O)c1cccnc1Nc1ccc2[nH]ncc2c1.O=C(O)C(F)(F)F. The van der Waals surface area contributed by atoms with E-state index >= 15 is 0 Å². The zero-order chi connectivity index (χ0) is 22.3. The maximum atomic E-state index is 12.2. The first-order valence-electron chi connectivity index (χ1n) is 8.49. The monoisotopic (exact) mass is 425 g/mol. The number of alkyl halides is 3. The Kier molecular flexibility index (Phi) is 7.31. The van der Waals surface area contributed by atoms with Gasteiger partial charge in [0.05, 0.1) is 23.4 Å². The molecule has 0 aliphatic carbocycles. The molecule has 2 aromatic heterocycles. The predicted octanol–water partition coefficient (Wildman–Crippen LogP) is 2.45. The number of benzene rings is 1. The molecule has 9 nitrogen and oxygen atoms in total. The van der Waals surface area contributed by atoms with Gasteiger partial charge < -0.3 is 20.8 Å². The molecule has 12 heteroatoms. The average molecular weight is 425 g/mol. The van der Waals surface area contributed by atoms with Crippen LogP contribution in [0.5, 0.6) is 0 Å². The summed E-state index contributed by atoms with van der Waals surface area (Å²) in [7, 11) is 0. The molecule has 1 atom stereocenters. The standard InChI is InChI=1S/C16H17N5O2.C2HF3O2/c1-10(22)8-18-16(23)13-3-2-6-17-15(13)20-12-4-5-14-11(7-12)9-19-21-14;3-2(4,5)1(6)7/h2-7,9-10,22H,8H2,1H3,(H,17,20)(H,18,23)(H,19,21);(H,6,7)/t10-;/m0./s1. The number of carbonyl (C=O) groups is 2. The van der Waals surface area contributed by atoms with Gasteiger partial charge in [-0.3, -0.25) is 9.89 Å². The van der Waals surface area contributed by atoms with Gasteiger partial charge in [0.2, 0.25) is 0 Å². The summed E-state index contributed by atoms with van der Waals surface area (Å²) in [5, 5.41) is 30.0. The fourth-order valence-corrected chi connectivity index (χ4v) is 2.18. The van der Waals surface area contributed by atoms with E-state index in [9.17, 15) is 23.1 Å². The number of fused-ring (bicyclic) bond motifs is 1. The van der Waals surface area contributed by atoms with Crippen LogP contribution in [0.15, 0.2) is 42.7 Å². The summed E-state index contributed by atoms with van der Waals surface area (Å²) in [4.78, 5) is 25.3. The lowest BCUT2D eigenvalue weighted by molar-refractivity contribution is -0.192. The number of carbonyl (C=O) groups excluding carboxylic acids is 1. The highest BCUT2D eigenvalue weighted by Gasteiger charge is 2.38. The number of aliphatic carboxylic acids is 1. The third kappa shape index (κ3) is 6.44. The van der Waals surface area contributed by atoms with E-state index < -0.39 is 18.2 Å². The number of aromatic nitrogens is 3. The molecule has 2 heterocycles. The fourth-order valence-electron chi connectivity index (χ4n) is 2.18. The van der Waals surface area contributed by atoms with Crippen LogP contribution in [0.3, 0.4) is 0 Å². The van der Waals surface area contributed by atoms with E-state index in [0.717, 1.165) is 16.6 Å². The van der Waals surface area contributed by atoms with Crippen LogP contribution >= 0.6 is 0 Å². The number of rotatable bonds is 5. The van der Waals surface area contributed by atoms with Gasteiger partial charge in [-0.05, 0) is 37.3 Å². The average Bonchev–Trinajstić information content (AvgIpc) is 3.14. The van der Waals surface area contributed by atoms with E-state index in [4.69, 9.17) is 9.90 Å². The maximum absolute atomic E-state index is 12.2. The summed E-state index contributed by atoms with van der Waals surface area (Å²) in [5.74, 6) is -2.59. The van der Waals surface area contributed by atoms with E-state index in [1.165, 1.54) is 0 Å². The number of amides is 1. The molecule has 1 amide bonds. The maximum Gasteiger partial charge on any atom is 0.490 e. The van der Waals surface area contributed by atoms with E-state index in [1.807, 2.05) is 18.2 Å². The number of carboxylic acids is 1. The molecule has 3 rings (SSSR count). The second-order valence-corrected chi connectivity index (χ2v) is 6.06. The van der Waals surface area contributed by atoms with Gasteiger partial charge in [0.25, 0.3) is 5.91 Å². The van der Waals surface area contributed by atoms with Gasteiger partial charge in [0.15, 0.2) is 0 Å². The Hall–Kier alpha value is -3.67. The van der Waals surface area contributed by atoms with Crippen molar-refractivity contribution in [3.05, 3.63) is 48.3 Å². The molecule has 160 valence electrons. The number of anilines is 2. The van der Waals surface area contributed by atoms with Gasteiger partial charge in [-0.1, -0.05) is 0 Å². The normalized spacial score (nSPS) is 11.9. The molecule has 1 aromatic carbocycles. The van der Waals surface area contributed by atoms with Gasteiger partial charge in [-0.25, -0.2) is 9.78 Å². The lowest BCUT2D eigenvalue weighted by Gasteiger charge is -2.12. The van der Waals surface area contributed by atoms with Crippen LogP contribution in [0.25, 0.3) is 10.9 Å². The van der Waals surface area contributed by atoms with Gasteiger partial charge >= 0.3 is 12.1 Å². The smallest absolute Gasteiger partial charge is 0.475 e. The van der Waals surface area contributed by atoms with E-state index in [1.54, 1.807) is 31.5 Å². The summed E-state index contributed by atoms with van der Waals surface area (Å²) in [6.07, 6.45) is -2.34. The minimum absolute atomic E-state index is 0.189.